The number of anilines is 2. The van der Waals surface area contributed by atoms with Crippen LogP contribution < -0.4 is 11.1 Å². The largest absolute Gasteiger partial charge is 0.397 e. The highest BCUT2D eigenvalue weighted by Crippen LogP contribution is 2.40. The topological polar surface area (TPSA) is 55.1 Å². The SMILES string of the molecule is Cc1ccc(N)c(NC(=O)C2CSc3ccccc32)c1C. The Labute approximate surface area is 128 Å². The summed E-state index contributed by atoms with van der Waals surface area (Å²) in [7, 11) is 0. The zero-order valence-electron chi connectivity index (χ0n) is 12.1. The van der Waals surface area contributed by atoms with Gasteiger partial charge in [0, 0.05) is 10.6 Å². The van der Waals surface area contributed by atoms with Gasteiger partial charge in [0.1, 0.15) is 0 Å². The van der Waals surface area contributed by atoms with Crippen LogP contribution in [-0.4, -0.2) is 11.7 Å². The second kappa shape index (κ2) is 5.45. The summed E-state index contributed by atoms with van der Waals surface area (Å²) in [4.78, 5) is 13.8. The molecule has 1 aliphatic heterocycles. The van der Waals surface area contributed by atoms with Crippen molar-refractivity contribution in [2.75, 3.05) is 16.8 Å². The number of nitrogens with two attached hydrogens (primary N) is 1. The Morgan fingerprint density at radius 1 is 1.24 bits per heavy atom. The van der Waals surface area contributed by atoms with E-state index in [1.165, 1.54) is 4.90 Å². The number of nitrogens with one attached hydrogen (secondary N) is 1. The van der Waals surface area contributed by atoms with Gasteiger partial charge in [-0.05, 0) is 42.7 Å². The quantitative estimate of drug-likeness (QED) is 0.831. The lowest BCUT2D eigenvalue weighted by Gasteiger charge is -2.16. The molecule has 108 valence electrons. The van der Waals surface area contributed by atoms with Crippen LogP contribution in [0.3, 0.4) is 0 Å². The lowest BCUT2D eigenvalue weighted by atomic mass is 9.99. The molecule has 1 aliphatic rings. The fourth-order valence-electron chi connectivity index (χ4n) is 2.59. The maximum atomic E-state index is 12.6. The lowest BCUT2D eigenvalue weighted by Crippen LogP contribution is -2.22. The Hall–Kier alpha value is -1.94. The summed E-state index contributed by atoms with van der Waals surface area (Å²) in [6, 6.07) is 11.9. The first kappa shape index (κ1) is 14.0. The molecule has 0 bridgehead atoms. The molecule has 1 amide bonds. The molecule has 1 unspecified atom stereocenters. The normalized spacial score (nSPS) is 16.6. The average Bonchev–Trinajstić information content (AvgIpc) is 2.91. The Bertz CT molecular complexity index is 712. The second-order valence-electron chi connectivity index (χ2n) is 5.36. The molecular formula is C17H18N2OS. The van der Waals surface area contributed by atoms with Crippen molar-refractivity contribution in [2.24, 2.45) is 0 Å². The molecule has 0 aliphatic carbocycles. The van der Waals surface area contributed by atoms with E-state index in [0.717, 1.165) is 28.1 Å². The lowest BCUT2D eigenvalue weighted by molar-refractivity contribution is -0.117. The zero-order valence-corrected chi connectivity index (χ0v) is 13.0. The molecule has 1 heterocycles. The fourth-order valence-corrected chi connectivity index (χ4v) is 3.82. The number of amides is 1. The molecule has 1 atom stereocenters. The van der Waals surface area contributed by atoms with Crippen molar-refractivity contribution in [2.45, 2.75) is 24.7 Å². The van der Waals surface area contributed by atoms with Crippen LogP contribution in [0.5, 0.6) is 0 Å². The molecule has 3 rings (SSSR count). The third-order valence-electron chi connectivity index (χ3n) is 4.03. The predicted molar refractivity (Wildman–Crippen MR) is 88.9 cm³/mol. The first-order chi connectivity index (χ1) is 10.1. The maximum absolute atomic E-state index is 12.6. The van der Waals surface area contributed by atoms with E-state index in [0.29, 0.717) is 5.69 Å². The number of carbonyl (C=O) groups is 1. The molecule has 0 spiro atoms. The van der Waals surface area contributed by atoms with Crippen molar-refractivity contribution in [3.63, 3.8) is 0 Å². The molecule has 0 radical (unpaired) electrons. The number of nitrogen functional groups attached to an aromatic ring is 1. The average molecular weight is 298 g/mol. The summed E-state index contributed by atoms with van der Waals surface area (Å²) in [6.07, 6.45) is 0. The van der Waals surface area contributed by atoms with Gasteiger partial charge in [0.05, 0.1) is 17.3 Å². The van der Waals surface area contributed by atoms with Crippen LogP contribution in [-0.2, 0) is 4.79 Å². The van der Waals surface area contributed by atoms with E-state index in [2.05, 4.69) is 11.4 Å². The van der Waals surface area contributed by atoms with E-state index in [1.54, 1.807) is 11.8 Å². The number of fused-ring (bicyclic) bond motifs is 1. The van der Waals surface area contributed by atoms with Crippen LogP contribution in [0.4, 0.5) is 11.4 Å². The fraction of sp³-hybridized carbons (Fsp3) is 0.235. The van der Waals surface area contributed by atoms with Crippen molar-refractivity contribution in [3.8, 4) is 0 Å². The number of benzene rings is 2. The highest BCUT2D eigenvalue weighted by atomic mass is 32.2. The van der Waals surface area contributed by atoms with Crippen molar-refractivity contribution in [1.82, 2.24) is 0 Å². The number of hydrogen-bond donors (Lipinski definition) is 2. The molecule has 2 aromatic rings. The number of hydrogen-bond acceptors (Lipinski definition) is 3. The van der Waals surface area contributed by atoms with Crippen molar-refractivity contribution in [3.05, 3.63) is 53.1 Å². The van der Waals surface area contributed by atoms with E-state index in [1.807, 2.05) is 44.2 Å². The minimum Gasteiger partial charge on any atom is -0.397 e. The molecule has 21 heavy (non-hydrogen) atoms. The van der Waals surface area contributed by atoms with Crippen molar-refractivity contribution < 1.29 is 4.79 Å². The van der Waals surface area contributed by atoms with E-state index in [4.69, 9.17) is 5.73 Å². The van der Waals surface area contributed by atoms with Crippen LogP contribution >= 0.6 is 11.8 Å². The first-order valence-electron chi connectivity index (χ1n) is 6.96. The first-order valence-corrected chi connectivity index (χ1v) is 7.94. The summed E-state index contributed by atoms with van der Waals surface area (Å²) in [5.74, 6) is 0.703. The van der Waals surface area contributed by atoms with Gasteiger partial charge in [-0.15, -0.1) is 11.8 Å². The van der Waals surface area contributed by atoms with Gasteiger partial charge < -0.3 is 11.1 Å². The maximum Gasteiger partial charge on any atom is 0.232 e. The minimum atomic E-state index is -0.106. The van der Waals surface area contributed by atoms with Gasteiger partial charge in [0.25, 0.3) is 0 Å². The van der Waals surface area contributed by atoms with Crippen LogP contribution in [0, 0.1) is 13.8 Å². The van der Waals surface area contributed by atoms with Crippen LogP contribution in [0.2, 0.25) is 0 Å². The van der Waals surface area contributed by atoms with Gasteiger partial charge >= 0.3 is 0 Å². The molecular weight excluding hydrogens is 280 g/mol. The highest BCUT2D eigenvalue weighted by Gasteiger charge is 2.29. The van der Waals surface area contributed by atoms with E-state index in [-0.39, 0.29) is 11.8 Å². The molecule has 4 heteroatoms. The van der Waals surface area contributed by atoms with Crippen LogP contribution in [0.25, 0.3) is 0 Å². The van der Waals surface area contributed by atoms with Gasteiger partial charge in [-0.25, -0.2) is 0 Å². The van der Waals surface area contributed by atoms with E-state index >= 15 is 0 Å². The van der Waals surface area contributed by atoms with Crippen molar-refractivity contribution >= 4 is 29.0 Å². The molecule has 0 fully saturated rings. The molecule has 0 saturated heterocycles. The summed E-state index contributed by atoms with van der Waals surface area (Å²) in [5, 5.41) is 3.02. The van der Waals surface area contributed by atoms with E-state index in [9.17, 15) is 4.79 Å². The minimum absolute atomic E-state index is 0.0212. The summed E-state index contributed by atoms with van der Waals surface area (Å²) < 4.78 is 0. The van der Waals surface area contributed by atoms with Gasteiger partial charge in [0.15, 0.2) is 0 Å². The van der Waals surface area contributed by atoms with Gasteiger partial charge in [-0.3, -0.25) is 4.79 Å². The highest BCUT2D eigenvalue weighted by molar-refractivity contribution is 7.99. The smallest absolute Gasteiger partial charge is 0.232 e. The van der Waals surface area contributed by atoms with Crippen LogP contribution in [0.1, 0.15) is 22.6 Å². The Kier molecular flexibility index (Phi) is 3.64. The van der Waals surface area contributed by atoms with Gasteiger partial charge in [0.2, 0.25) is 5.91 Å². The summed E-state index contributed by atoms with van der Waals surface area (Å²) in [6.45, 7) is 4.00. The molecule has 3 N–H and O–H groups in total. The van der Waals surface area contributed by atoms with E-state index < -0.39 is 0 Å². The monoisotopic (exact) mass is 298 g/mol. The third kappa shape index (κ3) is 2.51. The molecule has 3 nitrogen and oxygen atoms in total. The second-order valence-corrected chi connectivity index (χ2v) is 6.42. The number of aryl methyl sites for hydroxylation is 1. The third-order valence-corrected chi connectivity index (χ3v) is 5.22. The number of thioether (sulfide) groups is 1. The van der Waals surface area contributed by atoms with Gasteiger partial charge in [-0.1, -0.05) is 24.3 Å². The summed E-state index contributed by atoms with van der Waals surface area (Å²) >= 11 is 1.73. The Balaban J connectivity index is 1.87. The van der Waals surface area contributed by atoms with Crippen LogP contribution in [0.15, 0.2) is 41.3 Å². The number of rotatable bonds is 2. The zero-order chi connectivity index (χ0) is 15.0. The van der Waals surface area contributed by atoms with Crippen molar-refractivity contribution in [1.29, 1.82) is 0 Å². The van der Waals surface area contributed by atoms with Gasteiger partial charge in [-0.2, -0.15) is 0 Å². The molecule has 0 aromatic heterocycles. The standard InChI is InChI=1S/C17H18N2OS/c1-10-7-8-14(18)16(11(10)2)19-17(20)13-9-21-15-6-4-3-5-12(13)15/h3-8,13H,9,18H2,1-2H3,(H,19,20). The molecule has 0 saturated carbocycles. The Morgan fingerprint density at radius 2 is 2.00 bits per heavy atom. The predicted octanol–water partition coefficient (Wildman–Crippen LogP) is 3.71. The summed E-state index contributed by atoms with van der Waals surface area (Å²) in [5.41, 5.74) is 10.6. The Morgan fingerprint density at radius 3 is 2.81 bits per heavy atom. The number of carbonyl (C=O) groups excluding carboxylic acids is 1. The molecule has 2 aromatic carbocycles.